The molecule has 6 heteroatoms. The third kappa shape index (κ3) is 4.18. The summed E-state index contributed by atoms with van der Waals surface area (Å²) in [6, 6.07) is 0. The van der Waals surface area contributed by atoms with E-state index in [4.69, 9.17) is 5.11 Å². The molecule has 2 aliphatic rings. The van der Waals surface area contributed by atoms with Gasteiger partial charge in [-0.1, -0.05) is 12.8 Å². The molecular formula is C13H23N3O3. The van der Waals surface area contributed by atoms with Crippen molar-refractivity contribution in [2.24, 2.45) is 0 Å². The van der Waals surface area contributed by atoms with Crippen molar-refractivity contribution in [2.45, 2.75) is 37.6 Å². The summed E-state index contributed by atoms with van der Waals surface area (Å²) in [5, 5.41) is 15.2. The Hall–Kier alpha value is -1.14. The Kier molecular flexibility index (Phi) is 4.76. The van der Waals surface area contributed by atoms with E-state index in [1.807, 2.05) is 0 Å². The molecule has 1 amide bonds. The first-order valence-corrected chi connectivity index (χ1v) is 7.06. The number of hydrogen-bond donors (Lipinski definition) is 3. The number of nitrogens with zero attached hydrogens (tertiary/aromatic N) is 1. The SMILES string of the molecule is O=C(O)CC1(NC(=O)CN2CCNCC2)CCCC1. The molecule has 3 N–H and O–H groups in total. The predicted molar refractivity (Wildman–Crippen MR) is 70.9 cm³/mol. The fraction of sp³-hybridized carbons (Fsp3) is 0.846. The first-order valence-electron chi connectivity index (χ1n) is 7.06. The van der Waals surface area contributed by atoms with Crippen molar-refractivity contribution in [1.29, 1.82) is 0 Å². The van der Waals surface area contributed by atoms with Crippen LogP contribution in [0.5, 0.6) is 0 Å². The summed E-state index contributed by atoms with van der Waals surface area (Å²) in [6.45, 7) is 3.95. The first kappa shape index (κ1) is 14.3. The summed E-state index contributed by atoms with van der Waals surface area (Å²) in [5.74, 6) is -0.866. The maximum absolute atomic E-state index is 12.1. The Balaban J connectivity index is 1.86. The van der Waals surface area contributed by atoms with E-state index in [-0.39, 0.29) is 12.3 Å². The zero-order valence-electron chi connectivity index (χ0n) is 11.3. The lowest BCUT2D eigenvalue weighted by atomic mass is 9.93. The number of hydrogen-bond acceptors (Lipinski definition) is 4. The molecule has 1 aliphatic carbocycles. The fourth-order valence-corrected chi connectivity index (χ4v) is 3.09. The Morgan fingerprint density at radius 1 is 1.21 bits per heavy atom. The monoisotopic (exact) mass is 269 g/mol. The number of rotatable bonds is 5. The highest BCUT2D eigenvalue weighted by atomic mass is 16.4. The quantitative estimate of drug-likeness (QED) is 0.644. The van der Waals surface area contributed by atoms with Gasteiger partial charge in [0.25, 0.3) is 0 Å². The Morgan fingerprint density at radius 2 is 1.84 bits per heavy atom. The fourth-order valence-electron chi connectivity index (χ4n) is 3.09. The second kappa shape index (κ2) is 6.34. The van der Waals surface area contributed by atoms with Crippen LogP contribution in [-0.4, -0.2) is 60.1 Å². The van der Waals surface area contributed by atoms with E-state index in [9.17, 15) is 9.59 Å². The topological polar surface area (TPSA) is 81.7 Å². The van der Waals surface area contributed by atoms with Crippen molar-refractivity contribution < 1.29 is 14.7 Å². The van der Waals surface area contributed by atoms with Crippen molar-refractivity contribution in [3.63, 3.8) is 0 Å². The van der Waals surface area contributed by atoms with E-state index >= 15 is 0 Å². The van der Waals surface area contributed by atoms with Crippen molar-refractivity contribution in [3.05, 3.63) is 0 Å². The lowest BCUT2D eigenvalue weighted by Crippen LogP contribution is -2.53. The highest BCUT2D eigenvalue weighted by Gasteiger charge is 2.37. The summed E-state index contributed by atoms with van der Waals surface area (Å²) in [4.78, 5) is 25.2. The van der Waals surface area contributed by atoms with E-state index in [1.54, 1.807) is 0 Å². The number of nitrogens with one attached hydrogen (secondary N) is 2. The standard InChI is InChI=1S/C13H23N3O3/c17-11(10-16-7-5-14-6-8-16)15-13(9-12(18)19)3-1-2-4-13/h14H,1-10H2,(H,15,17)(H,18,19). The Morgan fingerprint density at radius 3 is 2.42 bits per heavy atom. The molecule has 108 valence electrons. The van der Waals surface area contributed by atoms with Crippen molar-refractivity contribution in [2.75, 3.05) is 32.7 Å². The van der Waals surface area contributed by atoms with Gasteiger partial charge in [-0.15, -0.1) is 0 Å². The van der Waals surface area contributed by atoms with Crippen LogP contribution in [0.15, 0.2) is 0 Å². The van der Waals surface area contributed by atoms with Gasteiger partial charge in [0.1, 0.15) is 0 Å². The normalized spacial score (nSPS) is 23.2. The molecule has 19 heavy (non-hydrogen) atoms. The van der Waals surface area contributed by atoms with Gasteiger partial charge >= 0.3 is 5.97 Å². The van der Waals surface area contributed by atoms with E-state index in [0.29, 0.717) is 6.54 Å². The molecule has 1 aliphatic heterocycles. The molecule has 0 aromatic rings. The van der Waals surface area contributed by atoms with E-state index in [2.05, 4.69) is 15.5 Å². The van der Waals surface area contributed by atoms with Gasteiger partial charge in [0.05, 0.1) is 18.5 Å². The maximum Gasteiger partial charge on any atom is 0.305 e. The average Bonchev–Trinajstić information content (AvgIpc) is 2.77. The van der Waals surface area contributed by atoms with Gasteiger partial charge in [-0.3, -0.25) is 14.5 Å². The van der Waals surface area contributed by atoms with Crippen LogP contribution in [0, 0.1) is 0 Å². The van der Waals surface area contributed by atoms with Gasteiger partial charge in [0, 0.05) is 26.2 Å². The predicted octanol–water partition coefficient (Wildman–Crippen LogP) is -0.205. The highest BCUT2D eigenvalue weighted by Crippen LogP contribution is 2.32. The van der Waals surface area contributed by atoms with Crippen LogP contribution in [0.25, 0.3) is 0 Å². The molecule has 6 nitrogen and oxygen atoms in total. The minimum Gasteiger partial charge on any atom is -0.481 e. The average molecular weight is 269 g/mol. The van der Waals surface area contributed by atoms with Crippen LogP contribution in [0.3, 0.4) is 0 Å². The van der Waals surface area contributed by atoms with Gasteiger partial charge in [0.15, 0.2) is 0 Å². The minimum atomic E-state index is -0.829. The lowest BCUT2D eigenvalue weighted by molar-refractivity contribution is -0.139. The van der Waals surface area contributed by atoms with Gasteiger partial charge in [-0.25, -0.2) is 0 Å². The lowest BCUT2D eigenvalue weighted by Gasteiger charge is -2.31. The molecule has 1 saturated carbocycles. The second-order valence-corrected chi connectivity index (χ2v) is 5.63. The Labute approximate surface area is 113 Å². The number of carbonyl (C=O) groups excluding carboxylic acids is 1. The van der Waals surface area contributed by atoms with E-state index < -0.39 is 11.5 Å². The van der Waals surface area contributed by atoms with Crippen molar-refractivity contribution >= 4 is 11.9 Å². The van der Waals surface area contributed by atoms with Gasteiger partial charge in [0.2, 0.25) is 5.91 Å². The number of aliphatic carboxylic acids is 1. The van der Waals surface area contributed by atoms with Crippen molar-refractivity contribution in [1.82, 2.24) is 15.5 Å². The molecule has 0 spiro atoms. The van der Waals surface area contributed by atoms with Crippen LogP contribution in [0.4, 0.5) is 0 Å². The summed E-state index contributed by atoms with van der Waals surface area (Å²) >= 11 is 0. The zero-order chi connectivity index (χ0) is 13.7. The van der Waals surface area contributed by atoms with Gasteiger partial charge in [-0.05, 0) is 12.8 Å². The zero-order valence-corrected chi connectivity index (χ0v) is 11.3. The second-order valence-electron chi connectivity index (χ2n) is 5.63. The minimum absolute atomic E-state index is 0.0370. The molecule has 0 unspecified atom stereocenters. The third-order valence-electron chi connectivity index (χ3n) is 4.03. The molecule has 0 radical (unpaired) electrons. The maximum atomic E-state index is 12.1. The Bertz CT molecular complexity index is 334. The van der Waals surface area contributed by atoms with Crippen LogP contribution < -0.4 is 10.6 Å². The van der Waals surface area contributed by atoms with Gasteiger partial charge < -0.3 is 15.7 Å². The molecule has 0 aromatic heterocycles. The number of piperazine rings is 1. The summed E-state index contributed by atoms with van der Waals surface area (Å²) in [5.41, 5.74) is -0.503. The van der Waals surface area contributed by atoms with Crippen molar-refractivity contribution in [3.8, 4) is 0 Å². The molecule has 2 rings (SSSR count). The van der Waals surface area contributed by atoms with Crippen LogP contribution in [0.1, 0.15) is 32.1 Å². The molecule has 2 fully saturated rings. The highest BCUT2D eigenvalue weighted by molar-refractivity contribution is 5.80. The summed E-state index contributed by atoms with van der Waals surface area (Å²) in [6.07, 6.45) is 3.61. The van der Waals surface area contributed by atoms with E-state index in [0.717, 1.165) is 51.9 Å². The smallest absolute Gasteiger partial charge is 0.305 e. The van der Waals surface area contributed by atoms with E-state index in [1.165, 1.54) is 0 Å². The number of carboxylic acid groups (broad SMARTS) is 1. The summed E-state index contributed by atoms with van der Waals surface area (Å²) in [7, 11) is 0. The molecule has 0 bridgehead atoms. The van der Waals surface area contributed by atoms with Crippen LogP contribution >= 0.6 is 0 Å². The van der Waals surface area contributed by atoms with Crippen LogP contribution in [0.2, 0.25) is 0 Å². The first-order chi connectivity index (χ1) is 9.10. The number of carboxylic acids is 1. The molecule has 1 saturated heterocycles. The summed E-state index contributed by atoms with van der Waals surface area (Å²) < 4.78 is 0. The third-order valence-corrected chi connectivity index (χ3v) is 4.03. The molecule has 0 atom stereocenters. The number of amides is 1. The van der Waals surface area contributed by atoms with Gasteiger partial charge in [-0.2, -0.15) is 0 Å². The molecule has 1 heterocycles. The molecule has 0 aromatic carbocycles. The largest absolute Gasteiger partial charge is 0.481 e. The van der Waals surface area contributed by atoms with Crippen LogP contribution in [-0.2, 0) is 9.59 Å². The number of carbonyl (C=O) groups is 2. The molecular weight excluding hydrogens is 246 g/mol.